The number of imidazole rings is 1. The number of aryl methyl sites for hydroxylation is 2. The lowest BCUT2D eigenvalue weighted by molar-refractivity contribution is -0.121. The molecule has 0 spiro atoms. The zero-order valence-electron chi connectivity index (χ0n) is 16.7. The van der Waals surface area contributed by atoms with Crippen molar-refractivity contribution in [1.29, 1.82) is 0 Å². The molecule has 1 N–H and O–H groups in total. The number of carbonyl (C=O) groups excluding carboxylic acids is 1. The summed E-state index contributed by atoms with van der Waals surface area (Å²) in [6.45, 7) is 3.88. The summed E-state index contributed by atoms with van der Waals surface area (Å²) in [5.41, 5.74) is 2.88. The Kier molecular flexibility index (Phi) is 6.14. The fourth-order valence-electron chi connectivity index (χ4n) is 2.86. The summed E-state index contributed by atoms with van der Waals surface area (Å²) in [5, 5.41) is 2.76. The quantitative estimate of drug-likeness (QED) is 0.646. The van der Waals surface area contributed by atoms with E-state index in [4.69, 9.17) is 0 Å². The van der Waals surface area contributed by atoms with Crippen LogP contribution in [0.25, 0.3) is 5.69 Å². The first kappa shape index (κ1) is 20.8. The number of aromatic nitrogens is 2. The molecule has 0 aliphatic rings. The SMILES string of the molecule is Cc1ccc(S(=O)(=O)N(C)CC(=O)NCc2ccc(-n3ccnc3C)cc2)cc1. The van der Waals surface area contributed by atoms with Crippen LogP contribution >= 0.6 is 0 Å². The maximum Gasteiger partial charge on any atom is 0.243 e. The van der Waals surface area contributed by atoms with Gasteiger partial charge in [-0.05, 0) is 43.7 Å². The minimum absolute atomic E-state index is 0.170. The molecule has 2 aromatic carbocycles. The number of hydrogen-bond acceptors (Lipinski definition) is 4. The Balaban J connectivity index is 1.57. The predicted molar refractivity (Wildman–Crippen MR) is 111 cm³/mol. The zero-order chi connectivity index (χ0) is 21.0. The molecule has 0 fully saturated rings. The fraction of sp³-hybridized carbons (Fsp3) is 0.238. The van der Waals surface area contributed by atoms with Crippen molar-refractivity contribution in [3.05, 3.63) is 77.9 Å². The number of rotatable bonds is 7. The Labute approximate surface area is 171 Å². The van der Waals surface area contributed by atoms with Gasteiger partial charge in [0, 0.05) is 31.7 Å². The smallest absolute Gasteiger partial charge is 0.243 e. The molecule has 1 aromatic heterocycles. The van der Waals surface area contributed by atoms with E-state index in [0.717, 1.165) is 26.9 Å². The number of amides is 1. The number of likely N-dealkylation sites (N-methyl/N-ethyl adjacent to an activating group) is 1. The van der Waals surface area contributed by atoms with Gasteiger partial charge in [-0.15, -0.1) is 0 Å². The second-order valence-electron chi connectivity index (χ2n) is 6.86. The molecule has 8 heteroatoms. The molecule has 29 heavy (non-hydrogen) atoms. The number of sulfonamides is 1. The van der Waals surface area contributed by atoms with Gasteiger partial charge in [-0.3, -0.25) is 4.79 Å². The van der Waals surface area contributed by atoms with Crippen molar-refractivity contribution in [2.24, 2.45) is 0 Å². The van der Waals surface area contributed by atoms with E-state index in [2.05, 4.69) is 10.3 Å². The molecule has 0 aliphatic carbocycles. The Bertz CT molecular complexity index is 1090. The van der Waals surface area contributed by atoms with Gasteiger partial charge in [0.1, 0.15) is 5.82 Å². The normalized spacial score (nSPS) is 11.6. The van der Waals surface area contributed by atoms with Gasteiger partial charge in [0.05, 0.1) is 11.4 Å². The number of benzene rings is 2. The van der Waals surface area contributed by atoms with Crippen molar-refractivity contribution < 1.29 is 13.2 Å². The predicted octanol–water partition coefficient (Wildman–Crippen LogP) is 2.43. The maximum absolute atomic E-state index is 12.6. The summed E-state index contributed by atoms with van der Waals surface area (Å²) in [6, 6.07) is 14.3. The number of carbonyl (C=O) groups is 1. The van der Waals surface area contributed by atoms with Crippen LogP contribution in [-0.2, 0) is 21.4 Å². The van der Waals surface area contributed by atoms with Crippen molar-refractivity contribution in [2.75, 3.05) is 13.6 Å². The number of hydrogen-bond donors (Lipinski definition) is 1. The number of nitrogens with one attached hydrogen (secondary N) is 1. The molecular formula is C21H24N4O3S. The average molecular weight is 413 g/mol. The van der Waals surface area contributed by atoms with Crippen LogP contribution in [0.3, 0.4) is 0 Å². The van der Waals surface area contributed by atoms with Crippen LogP contribution in [0.5, 0.6) is 0 Å². The summed E-state index contributed by atoms with van der Waals surface area (Å²) in [4.78, 5) is 16.6. The summed E-state index contributed by atoms with van der Waals surface area (Å²) in [7, 11) is -2.30. The maximum atomic E-state index is 12.6. The molecule has 0 saturated carbocycles. The van der Waals surface area contributed by atoms with E-state index in [9.17, 15) is 13.2 Å². The van der Waals surface area contributed by atoms with Gasteiger partial charge in [-0.2, -0.15) is 4.31 Å². The van der Waals surface area contributed by atoms with E-state index in [1.54, 1.807) is 30.5 Å². The Morgan fingerprint density at radius 2 is 1.72 bits per heavy atom. The second-order valence-corrected chi connectivity index (χ2v) is 8.91. The Morgan fingerprint density at radius 1 is 1.07 bits per heavy atom. The lowest BCUT2D eigenvalue weighted by atomic mass is 10.2. The topological polar surface area (TPSA) is 84.3 Å². The van der Waals surface area contributed by atoms with Crippen LogP contribution in [0, 0.1) is 13.8 Å². The van der Waals surface area contributed by atoms with Crippen LogP contribution in [0.4, 0.5) is 0 Å². The van der Waals surface area contributed by atoms with Gasteiger partial charge in [-0.25, -0.2) is 13.4 Å². The monoisotopic (exact) mass is 412 g/mol. The van der Waals surface area contributed by atoms with Crippen LogP contribution in [0.1, 0.15) is 17.0 Å². The highest BCUT2D eigenvalue weighted by Crippen LogP contribution is 2.15. The van der Waals surface area contributed by atoms with Gasteiger partial charge < -0.3 is 9.88 Å². The minimum atomic E-state index is -3.70. The molecule has 0 saturated heterocycles. The molecule has 0 bridgehead atoms. The molecule has 7 nitrogen and oxygen atoms in total. The molecule has 3 rings (SSSR count). The Hall–Kier alpha value is -2.97. The zero-order valence-corrected chi connectivity index (χ0v) is 17.5. The van der Waals surface area contributed by atoms with Crippen molar-refractivity contribution in [3.63, 3.8) is 0 Å². The first-order valence-corrected chi connectivity index (χ1v) is 10.6. The van der Waals surface area contributed by atoms with E-state index < -0.39 is 10.0 Å². The molecule has 0 unspecified atom stereocenters. The van der Waals surface area contributed by atoms with Crippen molar-refractivity contribution in [3.8, 4) is 5.69 Å². The third-order valence-corrected chi connectivity index (χ3v) is 6.44. The average Bonchev–Trinajstić information content (AvgIpc) is 3.13. The van der Waals surface area contributed by atoms with Gasteiger partial charge in [0.2, 0.25) is 15.9 Å². The summed E-state index contributed by atoms with van der Waals surface area (Å²) < 4.78 is 28.2. The number of nitrogens with zero attached hydrogens (tertiary/aromatic N) is 3. The van der Waals surface area contributed by atoms with Gasteiger partial charge in [0.25, 0.3) is 0 Å². The van der Waals surface area contributed by atoms with E-state index in [0.29, 0.717) is 6.54 Å². The summed E-state index contributed by atoms with van der Waals surface area (Å²) in [5.74, 6) is 0.529. The highest BCUT2D eigenvalue weighted by atomic mass is 32.2. The molecule has 1 heterocycles. The van der Waals surface area contributed by atoms with Crippen LogP contribution < -0.4 is 5.32 Å². The standard InChI is InChI=1S/C21H24N4O3S/c1-16-4-10-20(11-5-16)29(27,28)24(3)15-21(26)23-14-18-6-8-19(9-7-18)25-13-12-22-17(25)2/h4-13H,14-15H2,1-3H3,(H,23,26). The third kappa shape index (κ3) is 4.90. The first-order chi connectivity index (χ1) is 13.8. The molecule has 152 valence electrons. The van der Waals surface area contributed by atoms with Crippen molar-refractivity contribution >= 4 is 15.9 Å². The first-order valence-electron chi connectivity index (χ1n) is 9.16. The molecule has 0 atom stereocenters. The minimum Gasteiger partial charge on any atom is -0.351 e. The lowest BCUT2D eigenvalue weighted by Crippen LogP contribution is -2.38. The fourth-order valence-corrected chi connectivity index (χ4v) is 3.99. The van der Waals surface area contributed by atoms with Crippen LogP contribution in [0.2, 0.25) is 0 Å². The van der Waals surface area contributed by atoms with E-state index in [1.807, 2.05) is 48.9 Å². The van der Waals surface area contributed by atoms with E-state index >= 15 is 0 Å². The lowest BCUT2D eigenvalue weighted by Gasteiger charge is -2.17. The molecule has 1 amide bonds. The van der Waals surface area contributed by atoms with Gasteiger partial charge >= 0.3 is 0 Å². The highest BCUT2D eigenvalue weighted by Gasteiger charge is 2.22. The largest absolute Gasteiger partial charge is 0.351 e. The van der Waals surface area contributed by atoms with E-state index in [1.165, 1.54) is 7.05 Å². The van der Waals surface area contributed by atoms with Gasteiger partial charge in [-0.1, -0.05) is 29.8 Å². The third-order valence-electron chi connectivity index (χ3n) is 4.63. The van der Waals surface area contributed by atoms with Crippen LogP contribution in [0.15, 0.2) is 65.8 Å². The van der Waals surface area contributed by atoms with E-state index in [-0.39, 0.29) is 17.3 Å². The van der Waals surface area contributed by atoms with Crippen LogP contribution in [-0.4, -0.2) is 41.8 Å². The summed E-state index contributed by atoms with van der Waals surface area (Å²) >= 11 is 0. The molecule has 3 aromatic rings. The molecule has 0 aliphatic heterocycles. The van der Waals surface area contributed by atoms with Crippen molar-refractivity contribution in [1.82, 2.24) is 19.2 Å². The Morgan fingerprint density at radius 3 is 2.31 bits per heavy atom. The molecule has 0 radical (unpaired) electrons. The second kappa shape index (κ2) is 8.59. The van der Waals surface area contributed by atoms with Gasteiger partial charge in [0.15, 0.2) is 0 Å². The highest BCUT2D eigenvalue weighted by molar-refractivity contribution is 7.89. The summed E-state index contributed by atoms with van der Waals surface area (Å²) in [6.07, 6.45) is 3.63. The molecular weight excluding hydrogens is 388 g/mol. The van der Waals surface area contributed by atoms with Crippen molar-refractivity contribution in [2.45, 2.75) is 25.3 Å².